The average molecular weight is 255 g/mol. The summed E-state index contributed by atoms with van der Waals surface area (Å²) in [5.41, 5.74) is 0.0774. The van der Waals surface area contributed by atoms with Crippen LogP contribution in [0.5, 0.6) is 0 Å². The van der Waals surface area contributed by atoms with Crippen LogP contribution in [0.3, 0.4) is 0 Å². The zero-order valence-corrected chi connectivity index (χ0v) is 9.76. The van der Waals surface area contributed by atoms with Crippen LogP contribution in [0.4, 0.5) is 4.39 Å². The van der Waals surface area contributed by atoms with Crippen LogP contribution in [0, 0.1) is 5.82 Å². The van der Waals surface area contributed by atoms with E-state index >= 15 is 0 Å². The predicted molar refractivity (Wildman–Crippen MR) is 61.4 cm³/mol. The molecule has 1 aromatic rings. The van der Waals surface area contributed by atoms with Gasteiger partial charge in [0.2, 0.25) is 5.91 Å². The van der Waals surface area contributed by atoms with E-state index in [9.17, 15) is 24.2 Å². The van der Waals surface area contributed by atoms with Crippen molar-refractivity contribution < 1.29 is 24.2 Å². The summed E-state index contributed by atoms with van der Waals surface area (Å²) in [7, 11) is 0. The molecule has 0 aliphatic heterocycles. The number of hydrogen-bond acceptors (Lipinski definition) is 4. The number of nitrogens with one attached hydrogen (secondary N) is 1. The van der Waals surface area contributed by atoms with Gasteiger partial charge in [-0.25, -0.2) is 4.39 Å². The van der Waals surface area contributed by atoms with Crippen molar-refractivity contribution in [2.24, 2.45) is 0 Å². The maximum absolute atomic E-state index is 12.9. The van der Waals surface area contributed by atoms with Crippen LogP contribution < -0.4 is 5.32 Å². The second-order valence-corrected chi connectivity index (χ2v) is 3.84. The smallest absolute Gasteiger partial charge is 0.216 e. The summed E-state index contributed by atoms with van der Waals surface area (Å²) in [6.07, 6.45) is -2.26. The van der Waals surface area contributed by atoms with Crippen molar-refractivity contribution in [2.75, 3.05) is 6.54 Å². The van der Waals surface area contributed by atoms with Crippen molar-refractivity contribution in [1.82, 2.24) is 5.32 Å². The summed E-state index contributed by atoms with van der Waals surface area (Å²) in [6, 6.07) is 3.27. The molecule has 0 heterocycles. The van der Waals surface area contributed by atoms with Crippen LogP contribution in [0.15, 0.2) is 18.2 Å². The molecule has 0 saturated heterocycles. The Hall–Kier alpha value is -1.79. The summed E-state index contributed by atoms with van der Waals surface area (Å²) < 4.78 is 12.9. The van der Waals surface area contributed by atoms with Crippen LogP contribution in [-0.2, 0) is 4.79 Å². The highest BCUT2D eigenvalue weighted by atomic mass is 19.1. The molecule has 0 aliphatic rings. The van der Waals surface area contributed by atoms with E-state index in [1.54, 1.807) is 0 Å². The third-order valence-corrected chi connectivity index (χ3v) is 2.42. The molecule has 98 valence electrons. The Morgan fingerprint density at radius 3 is 2.72 bits per heavy atom. The lowest BCUT2D eigenvalue weighted by atomic mass is 9.99. The summed E-state index contributed by atoms with van der Waals surface area (Å²) >= 11 is 0. The lowest BCUT2D eigenvalue weighted by Crippen LogP contribution is -2.34. The molecule has 0 saturated carbocycles. The van der Waals surface area contributed by atoms with Gasteiger partial charge in [-0.3, -0.25) is 9.59 Å². The van der Waals surface area contributed by atoms with Crippen molar-refractivity contribution >= 4 is 12.2 Å². The SMILES string of the molecule is CC(=O)NCC(O)C(O)c1ccc(F)cc1C=O. The average Bonchev–Trinajstić information content (AvgIpc) is 2.34. The van der Waals surface area contributed by atoms with Gasteiger partial charge in [0.15, 0.2) is 6.29 Å². The van der Waals surface area contributed by atoms with E-state index < -0.39 is 18.0 Å². The lowest BCUT2D eigenvalue weighted by molar-refractivity contribution is -0.119. The molecule has 1 rings (SSSR count). The normalized spacial score (nSPS) is 13.8. The first-order valence-corrected chi connectivity index (χ1v) is 5.31. The molecular formula is C12H14FNO4. The fourth-order valence-corrected chi connectivity index (χ4v) is 1.48. The fourth-order valence-electron chi connectivity index (χ4n) is 1.48. The van der Waals surface area contributed by atoms with Crippen molar-refractivity contribution in [3.63, 3.8) is 0 Å². The Labute approximate surface area is 103 Å². The number of benzene rings is 1. The van der Waals surface area contributed by atoms with E-state index in [0.717, 1.165) is 12.1 Å². The number of aliphatic hydroxyl groups excluding tert-OH is 2. The van der Waals surface area contributed by atoms with Gasteiger partial charge in [-0.15, -0.1) is 0 Å². The molecule has 1 amide bonds. The summed E-state index contributed by atoms with van der Waals surface area (Å²) in [6.45, 7) is 1.11. The molecule has 6 heteroatoms. The molecular weight excluding hydrogens is 241 g/mol. The molecule has 5 nitrogen and oxygen atoms in total. The number of carbonyl (C=O) groups excluding carboxylic acids is 2. The molecule has 0 aromatic heterocycles. The molecule has 0 aliphatic carbocycles. The van der Waals surface area contributed by atoms with Gasteiger partial charge in [0.25, 0.3) is 0 Å². The predicted octanol–water partition coefficient (Wildman–Crippen LogP) is 0.169. The van der Waals surface area contributed by atoms with E-state index in [-0.39, 0.29) is 23.6 Å². The number of amides is 1. The number of aliphatic hydroxyl groups is 2. The summed E-state index contributed by atoms with van der Waals surface area (Å²) in [4.78, 5) is 21.4. The second-order valence-electron chi connectivity index (χ2n) is 3.84. The minimum Gasteiger partial charge on any atom is -0.388 e. The number of aldehydes is 1. The van der Waals surface area contributed by atoms with Gasteiger partial charge in [-0.1, -0.05) is 6.07 Å². The van der Waals surface area contributed by atoms with Crippen molar-refractivity contribution in [1.29, 1.82) is 0 Å². The van der Waals surface area contributed by atoms with E-state index in [1.807, 2.05) is 0 Å². The third-order valence-electron chi connectivity index (χ3n) is 2.42. The van der Waals surface area contributed by atoms with Crippen LogP contribution in [0.25, 0.3) is 0 Å². The van der Waals surface area contributed by atoms with Gasteiger partial charge >= 0.3 is 0 Å². The van der Waals surface area contributed by atoms with Gasteiger partial charge in [0.05, 0.1) is 0 Å². The summed E-state index contributed by atoms with van der Waals surface area (Å²) in [5, 5.41) is 21.8. The second kappa shape index (κ2) is 6.23. The first-order valence-electron chi connectivity index (χ1n) is 5.31. The van der Waals surface area contributed by atoms with Crippen LogP contribution in [0.2, 0.25) is 0 Å². The standard InChI is InChI=1S/C12H14FNO4/c1-7(16)14-5-11(17)12(18)10-3-2-9(13)4-8(10)6-15/h2-4,6,11-12,17-18H,5H2,1H3,(H,14,16). The van der Waals surface area contributed by atoms with Gasteiger partial charge in [0, 0.05) is 19.0 Å². The largest absolute Gasteiger partial charge is 0.388 e. The first-order chi connectivity index (χ1) is 8.45. The Morgan fingerprint density at radius 1 is 1.50 bits per heavy atom. The maximum atomic E-state index is 12.9. The third kappa shape index (κ3) is 3.61. The minimum atomic E-state index is -1.38. The van der Waals surface area contributed by atoms with Gasteiger partial charge in [0.1, 0.15) is 18.0 Å². The summed E-state index contributed by atoms with van der Waals surface area (Å²) in [5.74, 6) is -0.958. The maximum Gasteiger partial charge on any atom is 0.216 e. The Balaban J connectivity index is 2.85. The highest BCUT2D eigenvalue weighted by Gasteiger charge is 2.21. The van der Waals surface area contributed by atoms with Gasteiger partial charge in [-0.2, -0.15) is 0 Å². The highest BCUT2D eigenvalue weighted by molar-refractivity contribution is 5.77. The molecule has 3 N–H and O–H groups in total. The fraction of sp³-hybridized carbons (Fsp3) is 0.333. The Morgan fingerprint density at radius 2 is 2.17 bits per heavy atom. The molecule has 1 aromatic carbocycles. The van der Waals surface area contributed by atoms with E-state index in [4.69, 9.17) is 0 Å². The molecule has 0 fully saturated rings. The molecule has 2 unspecified atom stereocenters. The molecule has 0 bridgehead atoms. The number of hydrogen-bond donors (Lipinski definition) is 3. The molecule has 18 heavy (non-hydrogen) atoms. The molecule has 0 spiro atoms. The van der Waals surface area contributed by atoms with Crippen LogP contribution in [-0.4, -0.2) is 35.1 Å². The van der Waals surface area contributed by atoms with Crippen LogP contribution in [0.1, 0.15) is 28.9 Å². The number of carbonyl (C=O) groups is 2. The van der Waals surface area contributed by atoms with Gasteiger partial charge < -0.3 is 15.5 Å². The van der Waals surface area contributed by atoms with E-state index in [2.05, 4.69) is 5.32 Å². The zero-order chi connectivity index (χ0) is 13.7. The van der Waals surface area contributed by atoms with Crippen molar-refractivity contribution in [3.05, 3.63) is 35.1 Å². The molecule has 0 radical (unpaired) electrons. The Bertz CT molecular complexity index is 450. The van der Waals surface area contributed by atoms with Crippen LogP contribution >= 0.6 is 0 Å². The van der Waals surface area contributed by atoms with E-state index in [1.165, 1.54) is 13.0 Å². The van der Waals surface area contributed by atoms with Crippen molar-refractivity contribution in [2.45, 2.75) is 19.1 Å². The molecule has 2 atom stereocenters. The van der Waals surface area contributed by atoms with Gasteiger partial charge in [-0.05, 0) is 17.7 Å². The highest BCUT2D eigenvalue weighted by Crippen LogP contribution is 2.21. The lowest BCUT2D eigenvalue weighted by Gasteiger charge is -2.19. The zero-order valence-electron chi connectivity index (χ0n) is 9.76. The number of halogens is 1. The minimum absolute atomic E-state index is 0.0376. The monoisotopic (exact) mass is 255 g/mol. The quantitative estimate of drug-likeness (QED) is 0.654. The topological polar surface area (TPSA) is 86.6 Å². The number of rotatable bonds is 5. The van der Waals surface area contributed by atoms with E-state index in [0.29, 0.717) is 6.29 Å². The first kappa shape index (κ1) is 14.3. The Kier molecular flexibility index (Phi) is 4.94. The van der Waals surface area contributed by atoms with Crippen molar-refractivity contribution in [3.8, 4) is 0 Å².